The molecule has 10 heteroatoms. The third kappa shape index (κ3) is 5.14. The van der Waals surface area contributed by atoms with E-state index in [1.54, 1.807) is 26.5 Å². The zero-order chi connectivity index (χ0) is 24.9. The molecule has 2 aromatic heterocycles. The van der Waals surface area contributed by atoms with Gasteiger partial charge in [0.15, 0.2) is 6.19 Å². The lowest BCUT2D eigenvalue weighted by Crippen LogP contribution is -2.59. The van der Waals surface area contributed by atoms with Crippen molar-refractivity contribution >= 4 is 34.3 Å². The summed E-state index contributed by atoms with van der Waals surface area (Å²) >= 11 is 0. The highest BCUT2D eigenvalue weighted by molar-refractivity contribution is 5.94. The molecule has 0 bridgehead atoms. The van der Waals surface area contributed by atoms with Gasteiger partial charge in [-0.05, 0) is 30.2 Å². The molecule has 4 rings (SSSR count). The van der Waals surface area contributed by atoms with Crippen molar-refractivity contribution in [2.45, 2.75) is 19.9 Å². The number of aliphatic imine (C=N–C) groups is 1. The van der Waals surface area contributed by atoms with Crippen LogP contribution in [0.4, 0.5) is 11.5 Å². The monoisotopic (exact) mass is 471 g/mol. The lowest BCUT2D eigenvalue weighted by Gasteiger charge is -2.44. The van der Waals surface area contributed by atoms with Crippen LogP contribution in [-0.4, -0.2) is 76.4 Å². The van der Waals surface area contributed by atoms with Crippen LogP contribution >= 0.6 is 0 Å². The number of carbonyl (C=O) groups excluding carboxylic acids is 1. The number of hydrogen-bond donors (Lipinski definition) is 1. The molecule has 1 saturated heterocycles. The van der Waals surface area contributed by atoms with E-state index in [0.29, 0.717) is 31.3 Å². The Kier molecular flexibility index (Phi) is 7.06. The molecule has 1 aliphatic rings. The standard InChI is InChI=1S/C25H29N9O/c1-17(2)22-15-33(23-14-28-21(13-29-23)24(35)32(3)4)11-12-34(22)25(30-16-26)31-20-9-5-8-19-18(20)7-6-10-27-19/h5-10,13-14,17,22H,11-12,15H2,1-4H3,(H,30,31). The number of hydrogen-bond acceptors (Lipinski definition) is 7. The van der Waals surface area contributed by atoms with Crippen molar-refractivity contribution in [3.05, 3.63) is 54.6 Å². The molecule has 0 spiro atoms. The number of carbonyl (C=O) groups is 1. The summed E-state index contributed by atoms with van der Waals surface area (Å²) in [6, 6.07) is 9.72. The van der Waals surface area contributed by atoms with Crippen LogP contribution in [0, 0.1) is 17.4 Å². The molecular weight excluding hydrogens is 442 g/mol. The van der Waals surface area contributed by atoms with E-state index in [2.05, 4.69) is 50.1 Å². The molecule has 1 unspecified atom stereocenters. The summed E-state index contributed by atoms with van der Waals surface area (Å²) in [7, 11) is 3.38. The number of nitrogens with one attached hydrogen (secondary N) is 1. The van der Waals surface area contributed by atoms with Gasteiger partial charge in [0.2, 0.25) is 5.96 Å². The van der Waals surface area contributed by atoms with Gasteiger partial charge in [0.1, 0.15) is 11.5 Å². The minimum atomic E-state index is -0.180. The maximum absolute atomic E-state index is 12.1. The lowest BCUT2D eigenvalue weighted by molar-refractivity contribution is 0.0821. The van der Waals surface area contributed by atoms with Gasteiger partial charge in [0.05, 0.1) is 29.6 Å². The quantitative estimate of drug-likeness (QED) is 0.267. The summed E-state index contributed by atoms with van der Waals surface area (Å²) in [5.41, 5.74) is 1.92. The molecule has 3 heterocycles. The smallest absolute Gasteiger partial charge is 0.273 e. The van der Waals surface area contributed by atoms with Crippen LogP contribution in [0.2, 0.25) is 0 Å². The predicted molar refractivity (Wildman–Crippen MR) is 135 cm³/mol. The number of anilines is 1. The Hall–Kier alpha value is -4.26. The maximum atomic E-state index is 12.1. The summed E-state index contributed by atoms with van der Waals surface area (Å²) in [6.45, 7) is 6.28. The van der Waals surface area contributed by atoms with E-state index in [1.165, 1.54) is 11.1 Å². The van der Waals surface area contributed by atoms with E-state index >= 15 is 0 Å². The van der Waals surface area contributed by atoms with Gasteiger partial charge >= 0.3 is 0 Å². The second-order valence-corrected chi connectivity index (χ2v) is 8.93. The first-order chi connectivity index (χ1) is 16.9. The first-order valence-electron chi connectivity index (χ1n) is 11.5. The Bertz CT molecular complexity index is 1260. The molecule has 1 aliphatic heterocycles. The largest absolute Gasteiger partial charge is 0.351 e. The fourth-order valence-corrected chi connectivity index (χ4v) is 4.19. The van der Waals surface area contributed by atoms with Crippen molar-refractivity contribution in [2.24, 2.45) is 10.9 Å². The average molecular weight is 472 g/mol. The van der Waals surface area contributed by atoms with Crippen molar-refractivity contribution in [3.63, 3.8) is 0 Å². The Morgan fingerprint density at radius 1 is 1.17 bits per heavy atom. The zero-order valence-electron chi connectivity index (χ0n) is 20.4. The molecule has 3 aromatic rings. The molecule has 1 amide bonds. The molecule has 0 radical (unpaired) electrons. The van der Waals surface area contributed by atoms with Gasteiger partial charge in [0, 0.05) is 45.3 Å². The van der Waals surface area contributed by atoms with E-state index < -0.39 is 0 Å². The van der Waals surface area contributed by atoms with Gasteiger partial charge in [-0.2, -0.15) is 5.26 Å². The number of guanidine groups is 1. The highest BCUT2D eigenvalue weighted by Crippen LogP contribution is 2.26. The summed E-state index contributed by atoms with van der Waals surface area (Å²) in [4.78, 5) is 36.0. The number of aromatic nitrogens is 3. The van der Waals surface area contributed by atoms with Gasteiger partial charge < -0.3 is 14.7 Å². The Balaban J connectivity index is 1.61. The number of rotatable bonds is 4. The van der Waals surface area contributed by atoms with Gasteiger partial charge in [-0.25, -0.2) is 15.0 Å². The van der Waals surface area contributed by atoms with E-state index in [9.17, 15) is 10.1 Å². The molecule has 10 nitrogen and oxygen atoms in total. The zero-order valence-corrected chi connectivity index (χ0v) is 20.4. The molecule has 1 fully saturated rings. The molecule has 0 saturated carbocycles. The van der Waals surface area contributed by atoms with Crippen LogP contribution in [0.1, 0.15) is 24.3 Å². The Labute approximate surface area is 204 Å². The topological polar surface area (TPSA) is 114 Å². The number of nitriles is 1. The van der Waals surface area contributed by atoms with Gasteiger partial charge in [-0.3, -0.25) is 15.1 Å². The summed E-state index contributed by atoms with van der Waals surface area (Å²) < 4.78 is 0. The van der Waals surface area contributed by atoms with Crippen LogP contribution < -0.4 is 10.2 Å². The van der Waals surface area contributed by atoms with Crippen LogP contribution in [0.3, 0.4) is 0 Å². The minimum absolute atomic E-state index is 0.0707. The highest BCUT2D eigenvalue weighted by Gasteiger charge is 2.32. The molecule has 1 aromatic carbocycles. The molecule has 180 valence electrons. The number of benzene rings is 1. The molecule has 35 heavy (non-hydrogen) atoms. The van der Waals surface area contributed by atoms with Crippen molar-refractivity contribution in [1.29, 1.82) is 5.26 Å². The van der Waals surface area contributed by atoms with Crippen molar-refractivity contribution in [3.8, 4) is 6.19 Å². The summed E-state index contributed by atoms with van der Waals surface area (Å²) in [5, 5.41) is 13.2. The fourth-order valence-electron chi connectivity index (χ4n) is 4.19. The average Bonchev–Trinajstić information content (AvgIpc) is 2.88. The number of piperazine rings is 1. The van der Waals surface area contributed by atoms with Gasteiger partial charge in [0.25, 0.3) is 5.91 Å². The fraction of sp³-hybridized carbons (Fsp3) is 0.360. The molecular formula is C25H29N9O. The van der Waals surface area contributed by atoms with Crippen LogP contribution in [0.15, 0.2) is 53.9 Å². The second kappa shape index (κ2) is 10.3. The first kappa shape index (κ1) is 23.9. The number of amides is 1. The van der Waals surface area contributed by atoms with Crippen molar-refractivity contribution in [1.82, 2.24) is 30.1 Å². The third-order valence-corrected chi connectivity index (χ3v) is 6.06. The van der Waals surface area contributed by atoms with Gasteiger partial charge in [-0.15, -0.1) is 0 Å². The van der Waals surface area contributed by atoms with E-state index in [1.807, 2.05) is 30.3 Å². The van der Waals surface area contributed by atoms with Crippen LogP contribution in [0.25, 0.3) is 10.9 Å². The SMILES string of the molecule is CC(C)C1CN(c2cnc(C(=O)N(C)C)cn2)CCN1C(=Nc1cccc2ncccc12)NC#N. The second-order valence-electron chi connectivity index (χ2n) is 8.93. The number of fused-ring (bicyclic) bond motifs is 1. The van der Waals surface area contributed by atoms with E-state index in [4.69, 9.17) is 4.99 Å². The van der Waals surface area contributed by atoms with Crippen LogP contribution in [0.5, 0.6) is 0 Å². The highest BCUT2D eigenvalue weighted by atomic mass is 16.2. The van der Waals surface area contributed by atoms with Gasteiger partial charge in [-0.1, -0.05) is 19.9 Å². The van der Waals surface area contributed by atoms with E-state index in [0.717, 1.165) is 22.4 Å². The lowest BCUT2D eigenvalue weighted by atomic mass is 10.00. The normalized spacial score (nSPS) is 16.3. The van der Waals surface area contributed by atoms with Crippen molar-refractivity contribution < 1.29 is 4.79 Å². The van der Waals surface area contributed by atoms with E-state index in [-0.39, 0.29) is 17.9 Å². The number of pyridine rings is 1. The predicted octanol–water partition coefficient (Wildman–Crippen LogP) is 2.63. The Morgan fingerprint density at radius 3 is 2.69 bits per heavy atom. The molecule has 1 atom stereocenters. The minimum Gasteiger partial charge on any atom is -0.351 e. The molecule has 1 N–H and O–H groups in total. The Morgan fingerprint density at radius 2 is 2.00 bits per heavy atom. The van der Waals surface area contributed by atoms with Crippen molar-refractivity contribution in [2.75, 3.05) is 38.6 Å². The first-order valence-corrected chi connectivity index (χ1v) is 11.5. The maximum Gasteiger partial charge on any atom is 0.273 e. The third-order valence-electron chi connectivity index (χ3n) is 6.06. The summed E-state index contributed by atoms with van der Waals surface area (Å²) in [6.07, 6.45) is 6.97. The summed E-state index contributed by atoms with van der Waals surface area (Å²) in [5.74, 6) is 1.33. The molecule has 0 aliphatic carbocycles. The van der Waals surface area contributed by atoms with Crippen LogP contribution in [-0.2, 0) is 0 Å². The number of nitrogens with zero attached hydrogens (tertiary/aromatic N) is 8.